The fourth-order valence-electron chi connectivity index (χ4n) is 4.03. The number of unbranched alkanes of at least 4 members (excludes halogenated alkanes) is 2. The van der Waals surface area contributed by atoms with E-state index in [9.17, 15) is 9.13 Å². The van der Waals surface area contributed by atoms with Gasteiger partial charge in [-0.15, -0.1) is 9.42 Å². The van der Waals surface area contributed by atoms with Crippen molar-refractivity contribution in [1.29, 1.82) is 0 Å². The van der Waals surface area contributed by atoms with Crippen molar-refractivity contribution in [1.82, 2.24) is 0 Å². The smallest absolute Gasteiger partial charge is 0.381 e. The molecule has 0 amide bonds. The quantitative estimate of drug-likeness (QED) is 0.131. The van der Waals surface area contributed by atoms with Crippen molar-refractivity contribution in [3.8, 4) is 0 Å². The van der Waals surface area contributed by atoms with Gasteiger partial charge in [0.15, 0.2) is 0 Å². The van der Waals surface area contributed by atoms with E-state index in [2.05, 4.69) is 13.8 Å². The van der Waals surface area contributed by atoms with Gasteiger partial charge in [0.2, 0.25) is 0 Å². The zero-order chi connectivity index (χ0) is 23.8. The van der Waals surface area contributed by atoms with Gasteiger partial charge >= 0.3 is 16.1 Å². The lowest BCUT2D eigenvalue weighted by Gasteiger charge is -2.31. The molecule has 0 aliphatic heterocycles. The van der Waals surface area contributed by atoms with Crippen molar-refractivity contribution < 1.29 is 37.6 Å². The topological polar surface area (TPSA) is 123 Å². The zero-order valence-corrected chi connectivity index (χ0v) is 21.7. The van der Waals surface area contributed by atoms with Crippen LogP contribution in [0.5, 0.6) is 0 Å². The summed E-state index contributed by atoms with van der Waals surface area (Å²) in [6.07, 6.45) is 10.3. The highest BCUT2D eigenvalue weighted by Crippen LogP contribution is 2.42. The summed E-state index contributed by atoms with van der Waals surface area (Å²) >= 11 is 0. The van der Waals surface area contributed by atoms with Gasteiger partial charge in [-0.2, -0.15) is 0 Å². The molecule has 186 valence electrons. The molecule has 0 saturated carbocycles. The Balaban J connectivity index is 4.05. The van der Waals surface area contributed by atoms with Crippen LogP contribution in [0.3, 0.4) is 0 Å². The first kappa shape index (κ1) is 31.1. The Labute approximate surface area is 189 Å². The van der Waals surface area contributed by atoms with Crippen LogP contribution < -0.4 is 0 Å². The van der Waals surface area contributed by atoms with Crippen LogP contribution in [0.25, 0.3) is 0 Å². The molecule has 0 aromatic carbocycles. The molecule has 0 aliphatic rings. The SMILES string of the molecule is CCC(CC)(CCCCOCCCCC(CC)(CC)COP(=O)(O)O)CCO[P+](=O)O. The van der Waals surface area contributed by atoms with E-state index in [0.717, 1.165) is 77.2 Å². The van der Waals surface area contributed by atoms with Crippen LogP contribution >= 0.6 is 16.1 Å². The Morgan fingerprint density at radius 1 is 0.774 bits per heavy atom. The first-order chi connectivity index (χ1) is 14.6. The monoisotopic (exact) mass is 487 g/mol. The molecule has 0 saturated heterocycles. The Morgan fingerprint density at radius 2 is 1.26 bits per heavy atom. The van der Waals surface area contributed by atoms with Gasteiger partial charge in [0.25, 0.3) is 0 Å². The molecule has 0 fully saturated rings. The van der Waals surface area contributed by atoms with E-state index in [1.807, 2.05) is 13.8 Å². The van der Waals surface area contributed by atoms with E-state index < -0.39 is 16.1 Å². The highest BCUT2D eigenvalue weighted by molar-refractivity contribution is 7.46. The molecule has 3 N–H and O–H groups in total. The summed E-state index contributed by atoms with van der Waals surface area (Å²) in [5.41, 5.74) is -0.0398. The molecule has 0 rings (SSSR count). The lowest BCUT2D eigenvalue weighted by Crippen LogP contribution is -2.25. The molecule has 8 nitrogen and oxygen atoms in total. The Bertz CT molecular complexity index is 516. The maximum absolute atomic E-state index is 11.0. The molecule has 1 atom stereocenters. The molecule has 0 heterocycles. The first-order valence-corrected chi connectivity index (χ1v) is 14.3. The number of phosphoric acid groups is 1. The van der Waals surface area contributed by atoms with E-state index in [0.29, 0.717) is 13.2 Å². The molecule has 0 aliphatic carbocycles. The van der Waals surface area contributed by atoms with Gasteiger partial charge in [0.05, 0.1) is 6.61 Å². The van der Waals surface area contributed by atoms with E-state index >= 15 is 0 Å². The maximum Gasteiger partial charge on any atom is 0.694 e. The van der Waals surface area contributed by atoms with E-state index in [4.69, 9.17) is 28.5 Å². The zero-order valence-electron chi connectivity index (χ0n) is 19.9. The number of rotatable bonds is 21. The third kappa shape index (κ3) is 14.8. The van der Waals surface area contributed by atoms with Gasteiger partial charge in [-0.25, -0.2) is 4.57 Å². The second kappa shape index (κ2) is 16.7. The molecule has 10 heteroatoms. The van der Waals surface area contributed by atoms with Crippen molar-refractivity contribution in [3.63, 3.8) is 0 Å². The summed E-state index contributed by atoms with van der Waals surface area (Å²) < 4.78 is 37.1. The van der Waals surface area contributed by atoms with Crippen molar-refractivity contribution in [2.24, 2.45) is 10.8 Å². The minimum atomic E-state index is -4.43. The molecule has 0 bridgehead atoms. The van der Waals surface area contributed by atoms with Crippen LogP contribution in [0.1, 0.15) is 98.3 Å². The summed E-state index contributed by atoms with van der Waals surface area (Å²) in [5.74, 6) is 0. The van der Waals surface area contributed by atoms with Crippen LogP contribution in [0, 0.1) is 10.8 Å². The number of hydrogen-bond donors (Lipinski definition) is 3. The maximum atomic E-state index is 11.0. The van der Waals surface area contributed by atoms with E-state index in [1.165, 1.54) is 0 Å². The number of hydrogen-bond acceptors (Lipinski definition) is 5. The number of phosphoric ester groups is 1. The van der Waals surface area contributed by atoms with Crippen LogP contribution in [0.2, 0.25) is 0 Å². The molecule has 0 radical (unpaired) electrons. The standard InChI is InChI=1S/C21H44O8P2/c1-5-20(6-2,15-18-28-30(22)23)13-9-11-16-27-17-12-10-14-21(7-3,8-4)19-29-31(24,25)26/h5-19H2,1-4H3,(H2-,22,23,24,25,26)/p+1. The Hall–Kier alpha value is 0.0900. The van der Waals surface area contributed by atoms with Crippen molar-refractivity contribution in [2.75, 3.05) is 26.4 Å². The third-order valence-electron chi connectivity index (χ3n) is 6.86. The summed E-state index contributed by atoms with van der Waals surface area (Å²) in [5, 5.41) is 0. The molecular weight excluding hydrogens is 442 g/mol. The van der Waals surface area contributed by atoms with Gasteiger partial charge in [0, 0.05) is 17.8 Å². The van der Waals surface area contributed by atoms with Gasteiger partial charge < -0.3 is 14.5 Å². The molecule has 0 spiro atoms. The van der Waals surface area contributed by atoms with Crippen LogP contribution in [0.4, 0.5) is 0 Å². The normalized spacial score (nSPS) is 13.6. The van der Waals surface area contributed by atoms with E-state index in [1.54, 1.807) is 0 Å². The van der Waals surface area contributed by atoms with Crippen LogP contribution in [0.15, 0.2) is 0 Å². The second-order valence-electron chi connectivity index (χ2n) is 8.53. The fourth-order valence-corrected chi connectivity index (χ4v) is 4.72. The molecule has 0 aromatic heterocycles. The van der Waals surface area contributed by atoms with E-state index in [-0.39, 0.29) is 17.4 Å². The van der Waals surface area contributed by atoms with Crippen molar-refractivity contribution >= 4 is 16.1 Å². The molecule has 0 aromatic rings. The predicted molar refractivity (Wildman–Crippen MR) is 123 cm³/mol. The summed E-state index contributed by atoms with van der Waals surface area (Å²) in [7, 11) is -6.95. The minimum absolute atomic E-state index is 0.0849. The highest BCUT2D eigenvalue weighted by Gasteiger charge is 2.30. The van der Waals surface area contributed by atoms with Gasteiger partial charge in [-0.05, 0) is 55.8 Å². The third-order valence-corrected chi connectivity index (χ3v) is 7.73. The molecular formula is C21H45O8P2+. The average Bonchev–Trinajstić information content (AvgIpc) is 2.73. The fraction of sp³-hybridized carbons (Fsp3) is 1.00. The number of ether oxygens (including phenoxy) is 1. The molecule has 1 unspecified atom stereocenters. The first-order valence-electron chi connectivity index (χ1n) is 11.6. The highest BCUT2D eigenvalue weighted by atomic mass is 31.2. The van der Waals surface area contributed by atoms with Gasteiger partial charge in [-0.1, -0.05) is 53.4 Å². The van der Waals surface area contributed by atoms with Crippen LogP contribution in [-0.4, -0.2) is 41.1 Å². The minimum Gasteiger partial charge on any atom is -0.381 e. The lowest BCUT2D eigenvalue weighted by atomic mass is 9.75. The van der Waals surface area contributed by atoms with Crippen LogP contribution in [-0.2, 0) is 22.9 Å². The average molecular weight is 488 g/mol. The lowest BCUT2D eigenvalue weighted by molar-refractivity contribution is 0.0809. The second-order valence-corrected chi connectivity index (χ2v) is 10.5. The Kier molecular flexibility index (Phi) is 16.7. The Morgan fingerprint density at radius 3 is 1.68 bits per heavy atom. The van der Waals surface area contributed by atoms with Crippen molar-refractivity contribution in [3.05, 3.63) is 0 Å². The molecule has 31 heavy (non-hydrogen) atoms. The van der Waals surface area contributed by atoms with Gasteiger partial charge in [-0.3, -0.25) is 4.52 Å². The van der Waals surface area contributed by atoms with Crippen molar-refractivity contribution in [2.45, 2.75) is 98.3 Å². The summed E-state index contributed by atoms with van der Waals surface area (Å²) in [6, 6.07) is 0. The van der Waals surface area contributed by atoms with Gasteiger partial charge in [0.1, 0.15) is 6.61 Å². The predicted octanol–water partition coefficient (Wildman–Crippen LogP) is 6.12. The summed E-state index contributed by atoms with van der Waals surface area (Å²) in [6.45, 7) is 10.2. The summed E-state index contributed by atoms with van der Waals surface area (Å²) in [4.78, 5) is 26.7. The largest absolute Gasteiger partial charge is 0.694 e.